The summed E-state index contributed by atoms with van der Waals surface area (Å²) in [5.74, 6) is 0.271. The van der Waals surface area contributed by atoms with Gasteiger partial charge in [-0.3, -0.25) is 9.69 Å². The highest BCUT2D eigenvalue weighted by Crippen LogP contribution is 2.34. The first-order valence-corrected chi connectivity index (χ1v) is 8.72. The summed E-state index contributed by atoms with van der Waals surface area (Å²) in [5.41, 5.74) is 0. The number of amides is 1. The molecule has 1 amide bonds. The van der Waals surface area contributed by atoms with Crippen molar-refractivity contribution in [1.29, 1.82) is 0 Å². The quantitative estimate of drug-likeness (QED) is 0.860. The fourth-order valence-corrected chi connectivity index (χ4v) is 4.41. The fraction of sp³-hybridized carbons (Fsp3) is 0.688. The van der Waals surface area contributed by atoms with Crippen LogP contribution in [0.4, 0.5) is 0 Å². The van der Waals surface area contributed by atoms with Crippen molar-refractivity contribution in [2.75, 3.05) is 26.2 Å². The van der Waals surface area contributed by atoms with Crippen molar-refractivity contribution in [1.82, 2.24) is 9.80 Å². The second kappa shape index (κ2) is 6.46. The molecule has 3 rings (SSSR count). The molecule has 2 fully saturated rings. The molecule has 2 saturated heterocycles. The molecule has 0 aliphatic carbocycles. The van der Waals surface area contributed by atoms with Gasteiger partial charge in [-0.05, 0) is 38.1 Å². The maximum atomic E-state index is 12.7. The van der Waals surface area contributed by atoms with Crippen LogP contribution >= 0.6 is 11.3 Å². The van der Waals surface area contributed by atoms with Gasteiger partial charge in [0.15, 0.2) is 0 Å². The van der Waals surface area contributed by atoms with E-state index in [1.807, 2.05) is 0 Å². The number of carbonyl (C=O) groups excluding carboxylic acids is 1. The first-order chi connectivity index (χ1) is 10.1. The van der Waals surface area contributed by atoms with E-state index in [0.29, 0.717) is 12.6 Å². The Morgan fingerprint density at radius 1 is 1.38 bits per heavy atom. The zero-order chi connectivity index (χ0) is 14.8. The molecule has 0 spiro atoms. The molecule has 0 saturated carbocycles. The zero-order valence-corrected chi connectivity index (χ0v) is 13.6. The van der Waals surface area contributed by atoms with Crippen LogP contribution in [-0.2, 0) is 9.53 Å². The summed E-state index contributed by atoms with van der Waals surface area (Å²) in [6.07, 6.45) is 2.65. The Labute approximate surface area is 130 Å². The largest absolute Gasteiger partial charge is 0.373 e. The minimum absolute atomic E-state index is 0.216. The van der Waals surface area contributed by atoms with E-state index in [9.17, 15) is 4.79 Å². The molecule has 21 heavy (non-hydrogen) atoms. The first-order valence-electron chi connectivity index (χ1n) is 7.84. The molecule has 3 heterocycles. The Bertz CT molecular complexity index is 467. The summed E-state index contributed by atoms with van der Waals surface area (Å²) in [6, 6.07) is 4.53. The Hall–Kier alpha value is -0.910. The molecule has 0 N–H and O–H groups in total. The average Bonchev–Trinajstić information content (AvgIpc) is 3.08. The maximum absolute atomic E-state index is 12.7. The van der Waals surface area contributed by atoms with Gasteiger partial charge in [0.25, 0.3) is 0 Å². The number of nitrogens with zero attached hydrogens (tertiary/aromatic N) is 2. The van der Waals surface area contributed by atoms with Gasteiger partial charge in [0, 0.05) is 24.5 Å². The summed E-state index contributed by atoms with van der Waals surface area (Å²) in [7, 11) is 0. The maximum Gasteiger partial charge on any atom is 0.237 e. The number of rotatable bonds is 3. The van der Waals surface area contributed by atoms with Crippen molar-refractivity contribution >= 4 is 17.2 Å². The zero-order valence-electron chi connectivity index (χ0n) is 12.8. The molecule has 2 aliphatic rings. The lowest BCUT2D eigenvalue weighted by atomic mass is 10.2. The van der Waals surface area contributed by atoms with Gasteiger partial charge in [-0.25, -0.2) is 0 Å². The van der Waals surface area contributed by atoms with E-state index in [1.165, 1.54) is 4.88 Å². The standard InChI is InChI=1S/C16H24N2O2S/c1-12-9-17(10-13(2)20-12)11-16(19)18-7-3-5-14(18)15-6-4-8-21-15/h4,6,8,12-14H,3,5,7,9-11H2,1-2H3. The molecule has 0 aromatic carbocycles. The summed E-state index contributed by atoms with van der Waals surface area (Å²) in [5, 5.41) is 2.10. The van der Waals surface area contributed by atoms with Crippen LogP contribution in [0, 0.1) is 0 Å². The van der Waals surface area contributed by atoms with E-state index in [2.05, 4.69) is 41.2 Å². The third-order valence-corrected chi connectivity index (χ3v) is 5.27. The van der Waals surface area contributed by atoms with Gasteiger partial charge in [0.1, 0.15) is 0 Å². The van der Waals surface area contributed by atoms with E-state index < -0.39 is 0 Å². The predicted molar refractivity (Wildman–Crippen MR) is 84.5 cm³/mol. The van der Waals surface area contributed by atoms with E-state index in [4.69, 9.17) is 4.74 Å². The SMILES string of the molecule is CC1CN(CC(=O)N2CCCC2c2cccs2)CC(C)O1. The van der Waals surface area contributed by atoms with Crippen molar-refractivity contribution in [2.45, 2.75) is 44.9 Å². The predicted octanol–water partition coefficient (Wildman–Crippen LogP) is 2.52. The monoisotopic (exact) mass is 308 g/mol. The van der Waals surface area contributed by atoms with Crippen molar-refractivity contribution in [3.63, 3.8) is 0 Å². The van der Waals surface area contributed by atoms with E-state index in [-0.39, 0.29) is 18.1 Å². The molecular weight excluding hydrogens is 284 g/mol. The van der Waals surface area contributed by atoms with Crippen molar-refractivity contribution < 1.29 is 9.53 Å². The van der Waals surface area contributed by atoms with Crippen LogP contribution in [-0.4, -0.2) is 54.1 Å². The lowest BCUT2D eigenvalue weighted by Crippen LogP contribution is -2.49. The molecule has 3 atom stereocenters. The smallest absolute Gasteiger partial charge is 0.237 e. The minimum atomic E-state index is 0.216. The van der Waals surface area contributed by atoms with Crippen molar-refractivity contribution in [3.05, 3.63) is 22.4 Å². The number of hydrogen-bond donors (Lipinski definition) is 0. The third kappa shape index (κ3) is 3.47. The number of thiophene rings is 1. The van der Waals surface area contributed by atoms with E-state index in [1.54, 1.807) is 11.3 Å². The van der Waals surface area contributed by atoms with Crippen LogP contribution in [0.1, 0.15) is 37.6 Å². The van der Waals surface area contributed by atoms with Gasteiger partial charge in [-0.15, -0.1) is 11.3 Å². The summed E-state index contributed by atoms with van der Waals surface area (Å²) in [6.45, 7) is 7.30. The van der Waals surface area contributed by atoms with E-state index >= 15 is 0 Å². The summed E-state index contributed by atoms with van der Waals surface area (Å²) in [4.78, 5) is 18.3. The molecule has 2 aliphatic heterocycles. The highest BCUT2D eigenvalue weighted by Gasteiger charge is 2.32. The lowest BCUT2D eigenvalue weighted by molar-refractivity contribution is -0.136. The Balaban J connectivity index is 1.62. The topological polar surface area (TPSA) is 32.8 Å². The van der Waals surface area contributed by atoms with Crippen LogP contribution in [0.2, 0.25) is 0 Å². The Kier molecular flexibility index (Phi) is 4.62. The van der Waals surface area contributed by atoms with Crippen LogP contribution < -0.4 is 0 Å². The van der Waals surface area contributed by atoms with Gasteiger partial charge in [-0.1, -0.05) is 6.07 Å². The molecule has 1 aromatic rings. The van der Waals surface area contributed by atoms with E-state index in [0.717, 1.165) is 32.5 Å². The van der Waals surface area contributed by atoms with Gasteiger partial charge in [-0.2, -0.15) is 0 Å². The second-order valence-corrected chi connectivity index (χ2v) is 7.19. The summed E-state index contributed by atoms with van der Waals surface area (Å²) < 4.78 is 5.74. The molecule has 3 unspecified atom stereocenters. The molecule has 1 aromatic heterocycles. The van der Waals surface area contributed by atoms with Crippen molar-refractivity contribution in [2.24, 2.45) is 0 Å². The molecular formula is C16H24N2O2S. The molecule has 0 radical (unpaired) electrons. The number of ether oxygens (including phenoxy) is 1. The summed E-state index contributed by atoms with van der Waals surface area (Å²) >= 11 is 1.76. The Morgan fingerprint density at radius 2 is 2.14 bits per heavy atom. The normalized spacial score (nSPS) is 30.8. The third-order valence-electron chi connectivity index (χ3n) is 4.30. The van der Waals surface area contributed by atoms with Crippen molar-refractivity contribution in [3.8, 4) is 0 Å². The number of likely N-dealkylation sites (tertiary alicyclic amines) is 1. The van der Waals surface area contributed by atoms with Gasteiger partial charge < -0.3 is 9.64 Å². The van der Waals surface area contributed by atoms with Gasteiger partial charge in [0.2, 0.25) is 5.91 Å². The molecule has 116 valence electrons. The molecule has 0 bridgehead atoms. The molecule has 4 nitrogen and oxygen atoms in total. The fourth-order valence-electron chi connectivity index (χ4n) is 3.54. The van der Waals surface area contributed by atoms with Gasteiger partial charge in [0.05, 0.1) is 24.8 Å². The number of morpholine rings is 1. The first kappa shape index (κ1) is 15.0. The van der Waals surface area contributed by atoms with Crippen LogP contribution in [0.25, 0.3) is 0 Å². The highest BCUT2D eigenvalue weighted by atomic mass is 32.1. The number of hydrogen-bond acceptors (Lipinski definition) is 4. The minimum Gasteiger partial charge on any atom is -0.373 e. The number of carbonyl (C=O) groups is 1. The molecule has 5 heteroatoms. The average molecular weight is 308 g/mol. The lowest BCUT2D eigenvalue weighted by Gasteiger charge is -2.36. The second-order valence-electron chi connectivity index (χ2n) is 6.21. The van der Waals surface area contributed by atoms with Gasteiger partial charge >= 0.3 is 0 Å². The van der Waals surface area contributed by atoms with Crippen LogP contribution in [0.3, 0.4) is 0 Å². The highest BCUT2D eigenvalue weighted by molar-refractivity contribution is 7.10. The Morgan fingerprint density at radius 3 is 2.81 bits per heavy atom. The van der Waals surface area contributed by atoms with Crippen LogP contribution in [0.15, 0.2) is 17.5 Å². The van der Waals surface area contributed by atoms with Crippen LogP contribution in [0.5, 0.6) is 0 Å².